The van der Waals surface area contributed by atoms with Crippen molar-refractivity contribution in [2.24, 2.45) is 5.92 Å². The van der Waals surface area contributed by atoms with Crippen molar-refractivity contribution in [3.63, 3.8) is 0 Å². The van der Waals surface area contributed by atoms with Gasteiger partial charge in [-0.1, -0.05) is 37.8 Å². The van der Waals surface area contributed by atoms with Crippen LogP contribution in [0.4, 0.5) is 5.69 Å². The zero-order chi connectivity index (χ0) is 11.2. The van der Waals surface area contributed by atoms with Crippen LogP contribution in [0, 0.1) is 5.92 Å². The average molecular weight is 218 g/mol. The second kappa shape index (κ2) is 5.90. The first-order valence-corrected chi connectivity index (χ1v) is 6.40. The molecule has 0 aliphatic heterocycles. The number of nitrogen functional groups attached to an aromatic ring is 1. The van der Waals surface area contributed by atoms with Gasteiger partial charge < -0.3 is 11.1 Å². The molecular weight excluding hydrogens is 196 g/mol. The van der Waals surface area contributed by atoms with Crippen LogP contribution in [0.1, 0.15) is 37.7 Å². The summed E-state index contributed by atoms with van der Waals surface area (Å²) in [5.74, 6) is 0.980. The van der Waals surface area contributed by atoms with Gasteiger partial charge in [0.15, 0.2) is 0 Å². The minimum atomic E-state index is 0.857. The van der Waals surface area contributed by atoms with E-state index in [2.05, 4.69) is 11.4 Å². The number of anilines is 1. The number of nitrogens with one attached hydrogen (secondary N) is 1. The molecule has 0 bridgehead atoms. The third-order valence-electron chi connectivity index (χ3n) is 3.48. The Morgan fingerprint density at radius 3 is 2.81 bits per heavy atom. The van der Waals surface area contributed by atoms with Crippen LogP contribution >= 0.6 is 0 Å². The van der Waals surface area contributed by atoms with Crippen LogP contribution in [0.5, 0.6) is 0 Å². The van der Waals surface area contributed by atoms with Crippen molar-refractivity contribution in [3.8, 4) is 0 Å². The van der Waals surface area contributed by atoms with Crippen molar-refractivity contribution in [3.05, 3.63) is 29.8 Å². The summed E-state index contributed by atoms with van der Waals surface area (Å²) in [5.41, 5.74) is 7.87. The fourth-order valence-corrected chi connectivity index (χ4v) is 2.54. The summed E-state index contributed by atoms with van der Waals surface area (Å²) in [4.78, 5) is 0. The molecule has 3 N–H and O–H groups in total. The summed E-state index contributed by atoms with van der Waals surface area (Å²) in [6.07, 6.45) is 7.11. The third-order valence-corrected chi connectivity index (χ3v) is 3.48. The first-order chi connectivity index (χ1) is 7.84. The van der Waals surface area contributed by atoms with E-state index >= 15 is 0 Å². The van der Waals surface area contributed by atoms with E-state index in [1.54, 1.807) is 0 Å². The normalized spacial score (nSPS) is 16.8. The van der Waals surface area contributed by atoms with E-state index in [0.29, 0.717) is 0 Å². The molecule has 2 heteroatoms. The Balaban J connectivity index is 1.64. The number of hydrogen-bond acceptors (Lipinski definition) is 2. The van der Waals surface area contributed by atoms with E-state index < -0.39 is 0 Å². The van der Waals surface area contributed by atoms with Crippen LogP contribution in [0.2, 0.25) is 0 Å². The van der Waals surface area contributed by atoms with E-state index in [1.165, 1.54) is 37.7 Å². The molecule has 2 rings (SSSR count). The van der Waals surface area contributed by atoms with Gasteiger partial charge in [0.25, 0.3) is 0 Å². The van der Waals surface area contributed by atoms with Gasteiger partial charge in [0, 0.05) is 12.2 Å². The van der Waals surface area contributed by atoms with Gasteiger partial charge in [0.05, 0.1) is 0 Å². The van der Waals surface area contributed by atoms with Crippen molar-refractivity contribution in [1.29, 1.82) is 0 Å². The van der Waals surface area contributed by atoms with Gasteiger partial charge in [-0.05, 0) is 36.6 Å². The van der Waals surface area contributed by atoms with E-state index in [0.717, 1.165) is 24.7 Å². The van der Waals surface area contributed by atoms with Gasteiger partial charge in [0.2, 0.25) is 0 Å². The highest BCUT2D eigenvalue weighted by Crippen LogP contribution is 2.26. The Labute approximate surface area is 98.2 Å². The summed E-state index contributed by atoms with van der Waals surface area (Å²) in [7, 11) is 0. The Morgan fingerprint density at radius 1 is 1.25 bits per heavy atom. The Bertz CT molecular complexity index is 316. The van der Waals surface area contributed by atoms with Crippen molar-refractivity contribution in [2.45, 2.75) is 38.6 Å². The lowest BCUT2D eigenvalue weighted by molar-refractivity contribution is 0.477. The molecule has 1 fully saturated rings. The van der Waals surface area contributed by atoms with Crippen LogP contribution in [0.3, 0.4) is 0 Å². The fraction of sp³-hybridized carbons (Fsp3) is 0.571. The first kappa shape index (κ1) is 11.5. The molecule has 0 atom stereocenters. The molecule has 2 nitrogen and oxygen atoms in total. The van der Waals surface area contributed by atoms with Gasteiger partial charge in [-0.15, -0.1) is 0 Å². The van der Waals surface area contributed by atoms with Crippen molar-refractivity contribution in [1.82, 2.24) is 5.32 Å². The lowest BCUT2D eigenvalue weighted by atomic mass is 10.0. The maximum absolute atomic E-state index is 5.73. The highest BCUT2D eigenvalue weighted by molar-refractivity contribution is 5.40. The molecule has 1 aromatic rings. The molecule has 0 aromatic heterocycles. The lowest BCUT2D eigenvalue weighted by Crippen LogP contribution is -2.17. The number of nitrogens with two attached hydrogens (primary N) is 1. The maximum Gasteiger partial charge on any atom is 0.0317 e. The summed E-state index contributed by atoms with van der Waals surface area (Å²) >= 11 is 0. The second-order valence-corrected chi connectivity index (χ2v) is 4.86. The van der Waals surface area contributed by atoms with Gasteiger partial charge in [-0.25, -0.2) is 0 Å². The fourth-order valence-electron chi connectivity index (χ4n) is 2.54. The van der Waals surface area contributed by atoms with Gasteiger partial charge in [-0.2, -0.15) is 0 Å². The monoisotopic (exact) mass is 218 g/mol. The lowest BCUT2D eigenvalue weighted by Gasteiger charge is -2.10. The molecular formula is C14H22N2. The minimum Gasteiger partial charge on any atom is -0.399 e. The molecule has 88 valence electrons. The number of benzene rings is 1. The number of rotatable bonds is 5. The quantitative estimate of drug-likeness (QED) is 0.589. The van der Waals surface area contributed by atoms with Crippen molar-refractivity contribution < 1.29 is 0 Å². The molecule has 1 aliphatic carbocycles. The first-order valence-electron chi connectivity index (χ1n) is 6.40. The largest absolute Gasteiger partial charge is 0.399 e. The van der Waals surface area contributed by atoms with Crippen LogP contribution in [-0.4, -0.2) is 6.54 Å². The Morgan fingerprint density at radius 2 is 2.06 bits per heavy atom. The molecule has 0 spiro atoms. The van der Waals surface area contributed by atoms with E-state index in [9.17, 15) is 0 Å². The van der Waals surface area contributed by atoms with Crippen LogP contribution in [-0.2, 0) is 6.54 Å². The Hall–Kier alpha value is -1.02. The highest BCUT2D eigenvalue weighted by Gasteiger charge is 2.13. The average Bonchev–Trinajstić information content (AvgIpc) is 2.77. The SMILES string of the molecule is Nc1cccc(CNCCC2CCCC2)c1. The summed E-state index contributed by atoms with van der Waals surface area (Å²) in [5, 5.41) is 3.50. The molecule has 0 radical (unpaired) electrons. The zero-order valence-electron chi connectivity index (χ0n) is 9.91. The zero-order valence-corrected chi connectivity index (χ0v) is 9.91. The van der Waals surface area contributed by atoms with Crippen LogP contribution in [0.25, 0.3) is 0 Å². The number of hydrogen-bond donors (Lipinski definition) is 2. The van der Waals surface area contributed by atoms with Gasteiger partial charge >= 0.3 is 0 Å². The standard InChI is InChI=1S/C14H22N2/c15-14-7-3-6-13(10-14)11-16-9-8-12-4-1-2-5-12/h3,6-7,10,12,16H,1-2,4-5,8-9,11,15H2. The molecule has 0 heterocycles. The van der Waals surface area contributed by atoms with E-state index in [1.807, 2.05) is 18.2 Å². The van der Waals surface area contributed by atoms with Crippen LogP contribution in [0.15, 0.2) is 24.3 Å². The molecule has 1 aromatic carbocycles. The highest BCUT2D eigenvalue weighted by atomic mass is 14.8. The predicted molar refractivity (Wildman–Crippen MR) is 69.1 cm³/mol. The maximum atomic E-state index is 5.73. The summed E-state index contributed by atoms with van der Waals surface area (Å²) in [6.45, 7) is 2.08. The van der Waals surface area contributed by atoms with E-state index in [4.69, 9.17) is 5.73 Å². The predicted octanol–water partition coefficient (Wildman–Crippen LogP) is 2.94. The Kier molecular flexibility index (Phi) is 4.23. The molecule has 1 saturated carbocycles. The summed E-state index contributed by atoms with van der Waals surface area (Å²) < 4.78 is 0. The second-order valence-electron chi connectivity index (χ2n) is 4.86. The van der Waals surface area contributed by atoms with E-state index in [-0.39, 0.29) is 0 Å². The van der Waals surface area contributed by atoms with Gasteiger partial charge in [-0.3, -0.25) is 0 Å². The topological polar surface area (TPSA) is 38.0 Å². The summed E-state index contributed by atoms with van der Waals surface area (Å²) in [6, 6.07) is 8.12. The molecule has 0 saturated heterocycles. The van der Waals surface area contributed by atoms with Crippen LogP contribution < -0.4 is 11.1 Å². The molecule has 1 aliphatic rings. The smallest absolute Gasteiger partial charge is 0.0317 e. The molecule has 16 heavy (non-hydrogen) atoms. The molecule has 0 unspecified atom stereocenters. The van der Waals surface area contributed by atoms with Crippen molar-refractivity contribution >= 4 is 5.69 Å². The molecule has 0 amide bonds. The third kappa shape index (κ3) is 3.53. The minimum absolute atomic E-state index is 0.857. The van der Waals surface area contributed by atoms with Crippen molar-refractivity contribution in [2.75, 3.05) is 12.3 Å². The van der Waals surface area contributed by atoms with Gasteiger partial charge in [0.1, 0.15) is 0 Å².